The molecule has 3 fully saturated rings. The van der Waals surface area contributed by atoms with Crippen molar-refractivity contribution >= 4 is 36.0 Å². The third-order valence-corrected chi connectivity index (χ3v) is 6.52. The fourth-order valence-corrected chi connectivity index (χ4v) is 4.19. The van der Waals surface area contributed by atoms with E-state index in [-0.39, 0.29) is 37.4 Å². The average molecular weight is 705 g/mol. The molecule has 3 aliphatic heterocycles. The number of nitrogens with one attached hydrogen (secondary N) is 1. The molecule has 0 unspecified atom stereocenters. The Morgan fingerprint density at radius 1 is 0.580 bits per heavy atom. The summed E-state index contributed by atoms with van der Waals surface area (Å²) in [5, 5.41) is 2.64. The highest BCUT2D eigenvalue weighted by Crippen LogP contribution is 2.14. The van der Waals surface area contributed by atoms with E-state index in [1.54, 1.807) is 86.0 Å². The SMILES string of the molecule is CC#CCN1CCN(C(=O)OC(C)(C)C)CC1=O.CC#CCN1CCN(C(=O)OC(C)(C)C)CC1=O.CC(C)(C)OC(=O)N1CCNC(=O)C1. The fraction of sp³-hybridized carbons (Fsp3) is 0.714. The van der Waals surface area contributed by atoms with E-state index in [0.29, 0.717) is 52.4 Å². The Labute approximate surface area is 297 Å². The zero-order valence-corrected chi connectivity index (χ0v) is 31.7. The van der Waals surface area contributed by atoms with E-state index in [9.17, 15) is 28.8 Å². The van der Waals surface area contributed by atoms with Crippen LogP contribution in [-0.4, -0.2) is 149 Å². The van der Waals surface area contributed by atoms with Crippen LogP contribution in [-0.2, 0) is 28.6 Å². The molecule has 0 atom stereocenters. The Morgan fingerprint density at radius 3 is 1.20 bits per heavy atom. The Kier molecular flexibility index (Phi) is 16.9. The Bertz CT molecular complexity index is 1260. The van der Waals surface area contributed by atoms with E-state index in [1.165, 1.54) is 14.7 Å². The van der Waals surface area contributed by atoms with E-state index >= 15 is 0 Å². The number of hydrogen-bond acceptors (Lipinski definition) is 9. The molecule has 15 nitrogen and oxygen atoms in total. The fourth-order valence-electron chi connectivity index (χ4n) is 4.19. The zero-order chi connectivity index (χ0) is 38.3. The van der Waals surface area contributed by atoms with Crippen LogP contribution in [0.25, 0.3) is 0 Å². The highest BCUT2D eigenvalue weighted by molar-refractivity contribution is 5.85. The molecule has 0 saturated carbocycles. The first-order chi connectivity index (χ1) is 23.0. The molecule has 0 aromatic heterocycles. The van der Waals surface area contributed by atoms with Gasteiger partial charge >= 0.3 is 18.3 Å². The molecular formula is C35H56N6O9. The first-order valence-corrected chi connectivity index (χ1v) is 16.6. The number of ether oxygens (including phenoxy) is 3. The van der Waals surface area contributed by atoms with Gasteiger partial charge < -0.3 is 29.3 Å². The molecule has 280 valence electrons. The van der Waals surface area contributed by atoms with E-state index in [4.69, 9.17) is 14.2 Å². The molecule has 3 aliphatic rings. The van der Waals surface area contributed by atoms with Gasteiger partial charge in [0.05, 0.1) is 13.1 Å². The lowest BCUT2D eigenvalue weighted by atomic mass is 10.2. The van der Waals surface area contributed by atoms with Gasteiger partial charge in [0, 0.05) is 39.3 Å². The van der Waals surface area contributed by atoms with Crippen LogP contribution in [0.4, 0.5) is 14.4 Å². The summed E-state index contributed by atoms with van der Waals surface area (Å²) >= 11 is 0. The molecule has 0 bridgehead atoms. The number of carbonyl (C=O) groups excluding carboxylic acids is 6. The van der Waals surface area contributed by atoms with Gasteiger partial charge in [-0.3, -0.25) is 29.1 Å². The lowest BCUT2D eigenvalue weighted by Crippen LogP contribution is -2.53. The molecule has 0 aliphatic carbocycles. The summed E-state index contributed by atoms with van der Waals surface area (Å²) in [6.45, 7) is 23.8. The van der Waals surface area contributed by atoms with Crippen molar-refractivity contribution < 1.29 is 43.0 Å². The minimum Gasteiger partial charge on any atom is -0.444 e. The van der Waals surface area contributed by atoms with E-state index in [2.05, 4.69) is 29.0 Å². The van der Waals surface area contributed by atoms with Crippen molar-refractivity contribution in [3.8, 4) is 23.7 Å². The smallest absolute Gasteiger partial charge is 0.410 e. The maximum Gasteiger partial charge on any atom is 0.410 e. The second-order valence-corrected chi connectivity index (χ2v) is 14.5. The van der Waals surface area contributed by atoms with Crippen LogP contribution in [0, 0.1) is 23.7 Å². The van der Waals surface area contributed by atoms with Crippen LogP contribution >= 0.6 is 0 Å². The molecule has 6 amide bonds. The molecule has 3 rings (SSSR count). The van der Waals surface area contributed by atoms with Gasteiger partial charge in [0.15, 0.2) is 0 Å². The molecule has 15 heteroatoms. The first kappa shape index (κ1) is 43.4. The minimum absolute atomic E-state index is 0.0697. The summed E-state index contributed by atoms with van der Waals surface area (Å²) in [6, 6.07) is 0. The van der Waals surface area contributed by atoms with Crippen molar-refractivity contribution in [1.82, 2.24) is 29.8 Å². The summed E-state index contributed by atoms with van der Waals surface area (Å²) in [5.41, 5.74) is -1.58. The molecular weight excluding hydrogens is 648 g/mol. The number of rotatable bonds is 2. The van der Waals surface area contributed by atoms with Crippen LogP contribution in [0.15, 0.2) is 0 Å². The summed E-state index contributed by atoms with van der Waals surface area (Å²) < 4.78 is 15.6. The van der Waals surface area contributed by atoms with E-state index in [0.717, 1.165) is 0 Å². The number of carbonyl (C=O) groups is 6. The largest absolute Gasteiger partial charge is 0.444 e. The number of piperazine rings is 3. The number of amides is 6. The predicted molar refractivity (Wildman–Crippen MR) is 186 cm³/mol. The van der Waals surface area contributed by atoms with Gasteiger partial charge in [-0.2, -0.15) is 0 Å². The third-order valence-electron chi connectivity index (χ3n) is 6.52. The Morgan fingerprint density at radius 2 is 0.920 bits per heavy atom. The van der Waals surface area contributed by atoms with Gasteiger partial charge in [-0.25, -0.2) is 14.4 Å². The van der Waals surface area contributed by atoms with Crippen LogP contribution < -0.4 is 5.32 Å². The van der Waals surface area contributed by atoms with Gasteiger partial charge in [0.25, 0.3) is 0 Å². The lowest BCUT2D eigenvalue weighted by Gasteiger charge is -2.34. The summed E-state index contributed by atoms with van der Waals surface area (Å²) in [6.07, 6.45) is -1.29. The highest BCUT2D eigenvalue weighted by Gasteiger charge is 2.31. The minimum atomic E-state index is -0.537. The van der Waals surface area contributed by atoms with Crippen molar-refractivity contribution in [1.29, 1.82) is 0 Å². The summed E-state index contributed by atoms with van der Waals surface area (Å²) in [4.78, 5) is 77.2. The highest BCUT2D eigenvalue weighted by atomic mass is 16.6. The number of hydrogen-bond donors (Lipinski definition) is 1. The van der Waals surface area contributed by atoms with Gasteiger partial charge in [-0.05, 0) is 76.2 Å². The summed E-state index contributed by atoms with van der Waals surface area (Å²) in [5.74, 6) is 10.9. The van der Waals surface area contributed by atoms with Gasteiger partial charge in [-0.1, -0.05) is 11.8 Å². The topological polar surface area (TPSA) is 158 Å². The molecule has 0 radical (unpaired) electrons. The molecule has 50 heavy (non-hydrogen) atoms. The standard InChI is InChI=1S/2C13H20N2O3.C9H16N2O3/c2*1-5-6-7-14-8-9-15(10-11(14)16)12(17)18-13(2,3)4;1-9(2,3)14-8(13)11-5-4-10-7(12)6-11/h2*7-10H2,1-4H3;4-6H2,1-3H3,(H,10,12). The Hall–Kier alpha value is -4.66. The van der Waals surface area contributed by atoms with Crippen molar-refractivity contribution in [2.75, 3.05) is 72.0 Å². The van der Waals surface area contributed by atoms with Crippen molar-refractivity contribution in [3.05, 3.63) is 0 Å². The van der Waals surface area contributed by atoms with Gasteiger partial charge in [0.1, 0.15) is 36.4 Å². The average Bonchev–Trinajstić information content (AvgIpc) is 2.98. The molecule has 3 heterocycles. The molecule has 1 N–H and O–H groups in total. The Balaban J connectivity index is 0.000000378. The third kappa shape index (κ3) is 17.7. The normalized spacial score (nSPS) is 16.5. The van der Waals surface area contributed by atoms with E-state index in [1.807, 2.05) is 0 Å². The lowest BCUT2D eigenvalue weighted by molar-refractivity contribution is -0.135. The van der Waals surface area contributed by atoms with Crippen LogP contribution in [0.2, 0.25) is 0 Å². The van der Waals surface area contributed by atoms with Crippen molar-refractivity contribution in [3.63, 3.8) is 0 Å². The quantitative estimate of drug-likeness (QED) is 0.337. The van der Waals surface area contributed by atoms with Crippen molar-refractivity contribution in [2.24, 2.45) is 0 Å². The van der Waals surface area contributed by atoms with E-state index < -0.39 is 35.1 Å². The first-order valence-electron chi connectivity index (χ1n) is 16.6. The summed E-state index contributed by atoms with van der Waals surface area (Å²) in [7, 11) is 0. The van der Waals surface area contributed by atoms with Crippen LogP contribution in [0.3, 0.4) is 0 Å². The van der Waals surface area contributed by atoms with Gasteiger partial charge in [0.2, 0.25) is 17.7 Å². The zero-order valence-electron chi connectivity index (χ0n) is 31.7. The molecule has 0 spiro atoms. The number of nitrogens with zero attached hydrogens (tertiary/aromatic N) is 5. The molecule has 0 aromatic carbocycles. The maximum absolute atomic E-state index is 11.8. The van der Waals surface area contributed by atoms with Crippen LogP contribution in [0.5, 0.6) is 0 Å². The predicted octanol–water partition coefficient (Wildman–Crippen LogP) is 2.53. The molecule has 3 saturated heterocycles. The van der Waals surface area contributed by atoms with Gasteiger partial charge in [-0.15, -0.1) is 11.8 Å². The van der Waals surface area contributed by atoms with Crippen LogP contribution in [0.1, 0.15) is 76.2 Å². The van der Waals surface area contributed by atoms with Crippen molar-refractivity contribution in [2.45, 2.75) is 93.0 Å². The second-order valence-electron chi connectivity index (χ2n) is 14.5. The monoisotopic (exact) mass is 704 g/mol. The molecule has 0 aromatic rings. The maximum atomic E-state index is 11.8. The second kappa shape index (κ2) is 19.5.